The van der Waals surface area contributed by atoms with Gasteiger partial charge in [-0.1, -0.05) is 71.4 Å². The van der Waals surface area contributed by atoms with Gasteiger partial charge in [0.15, 0.2) is 0 Å². The van der Waals surface area contributed by atoms with Gasteiger partial charge in [-0.3, -0.25) is 0 Å². The molecule has 0 aromatic heterocycles. The van der Waals surface area contributed by atoms with Gasteiger partial charge in [0, 0.05) is 0 Å². The summed E-state index contributed by atoms with van der Waals surface area (Å²) >= 11 is 0. The molecule has 1 aliphatic carbocycles. The summed E-state index contributed by atoms with van der Waals surface area (Å²) in [5.41, 5.74) is 5.01. The molecule has 1 aliphatic heterocycles. The molecule has 2 nitrogen and oxygen atoms in total. The van der Waals surface area contributed by atoms with Crippen molar-refractivity contribution < 1.29 is 9.31 Å². The van der Waals surface area contributed by atoms with E-state index in [0.717, 1.165) is 6.42 Å². The van der Waals surface area contributed by atoms with Crippen molar-refractivity contribution in [2.75, 3.05) is 0 Å². The first kappa shape index (κ1) is 19.7. The molecule has 1 heterocycles. The second-order valence-corrected chi connectivity index (χ2v) is 13.6. The lowest BCUT2D eigenvalue weighted by Gasteiger charge is -2.32. The zero-order chi connectivity index (χ0) is 19.0. The maximum absolute atomic E-state index is 6.22. The molecular formula is C22H33BO2Si. The minimum atomic E-state index is -1.61. The Morgan fingerprint density at radius 3 is 2.00 bits per heavy atom. The maximum atomic E-state index is 6.22. The van der Waals surface area contributed by atoms with Crippen LogP contribution in [0.1, 0.15) is 53.4 Å². The topological polar surface area (TPSA) is 18.5 Å². The summed E-state index contributed by atoms with van der Waals surface area (Å²) in [6.45, 7) is 13.4. The molecule has 2 fully saturated rings. The van der Waals surface area contributed by atoms with Gasteiger partial charge in [-0.25, -0.2) is 0 Å². The van der Waals surface area contributed by atoms with Gasteiger partial charge in [-0.15, -0.1) is 0 Å². The molecule has 26 heavy (non-hydrogen) atoms. The quantitative estimate of drug-likeness (QED) is 0.683. The Kier molecular flexibility index (Phi) is 5.40. The molecule has 0 bridgehead atoms. The minimum absolute atomic E-state index is 0.238. The van der Waals surface area contributed by atoms with Crippen molar-refractivity contribution in [1.82, 2.24) is 0 Å². The van der Waals surface area contributed by atoms with Crippen LogP contribution in [0.15, 0.2) is 53.2 Å². The molecule has 0 N–H and O–H groups in total. The summed E-state index contributed by atoms with van der Waals surface area (Å²) in [7, 11) is -1.84. The Labute approximate surface area is 160 Å². The lowest BCUT2D eigenvalue weighted by molar-refractivity contribution is 0.00578. The molecule has 0 amide bonds. The van der Waals surface area contributed by atoms with Gasteiger partial charge in [-0.05, 0) is 53.4 Å². The Balaban J connectivity index is 1.87. The van der Waals surface area contributed by atoms with E-state index in [0.29, 0.717) is 0 Å². The molecular weight excluding hydrogens is 335 g/mol. The number of allylic oxidation sites excluding steroid dienone is 2. The summed E-state index contributed by atoms with van der Waals surface area (Å²) in [6, 6.07) is 11.0. The van der Waals surface area contributed by atoms with Crippen molar-refractivity contribution in [3.8, 4) is 0 Å². The summed E-state index contributed by atoms with van der Waals surface area (Å²) in [5.74, 6) is 2.25. The minimum Gasteiger partial charge on any atom is -0.400 e. The Morgan fingerprint density at radius 1 is 0.885 bits per heavy atom. The smallest absolute Gasteiger partial charge is 0.400 e. The van der Waals surface area contributed by atoms with Crippen molar-refractivity contribution in [2.45, 2.75) is 77.7 Å². The van der Waals surface area contributed by atoms with E-state index in [1.807, 2.05) is 0 Å². The normalized spacial score (nSPS) is 25.8. The van der Waals surface area contributed by atoms with E-state index in [9.17, 15) is 0 Å². The van der Waals surface area contributed by atoms with Crippen LogP contribution in [0.2, 0.25) is 13.1 Å². The van der Waals surface area contributed by atoms with Crippen LogP contribution >= 0.6 is 0 Å². The fourth-order valence-corrected chi connectivity index (χ4v) is 6.23. The summed E-state index contributed by atoms with van der Waals surface area (Å²) in [5, 5.41) is 1.49. The van der Waals surface area contributed by atoms with Gasteiger partial charge in [0.05, 0.1) is 11.2 Å². The first-order chi connectivity index (χ1) is 12.1. The summed E-state index contributed by atoms with van der Waals surface area (Å²) in [6.07, 6.45) is 4.85. The molecule has 1 saturated heterocycles. The Morgan fingerprint density at radius 2 is 1.42 bits per heavy atom. The van der Waals surface area contributed by atoms with Gasteiger partial charge in [-0.2, -0.15) is 0 Å². The third-order valence-corrected chi connectivity index (χ3v) is 9.11. The van der Waals surface area contributed by atoms with E-state index in [1.54, 1.807) is 0 Å². The Bertz CT molecular complexity index is 688. The SMILES string of the molecule is CC1(C)OB(/C=C2\CCCC\C2=C\[Si](C)(C)c2ccccc2)OC1(C)C. The number of benzene rings is 1. The molecule has 4 heteroatoms. The summed E-state index contributed by atoms with van der Waals surface area (Å²) < 4.78 is 12.4. The third-order valence-electron chi connectivity index (χ3n) is 6.22. The fourth-order valence-electron chi connectivity index (χ4n) is 3.81. The third kappa shape index (κ3) is 4.08. The number of rotatable bonds is 3. The lowest BCUT2D eigenvalue weighted by atomic mass is 9.80. The van der Waals surface area contributed by atoms with E-state index < -0.39 is 8.07 Å². The highest BCUT2D eigenvalue weighted by molar-refractivity contribution is 6.94. The van der Waals surface area contributed by atoms with Crippen LogP contribution in [0.25, 0.3) is 0 Å². The van der Waals surface area contributed by atoms with Gasteiger partial charge >= 0.3 is 7.12 Å². The largest absolute Gasteiger partial charge is 0.487 e. The van der Waals surface area contributed by atoms with Gasteiger partial charge in [0.2, 0.25) is 0 Å². The van der Waals surface area contributed by atoms with Crippen LogP contribution in [0.5, 0.6) is 0 Å². The van der Waals surface area contributed by atoms with Crippen LogP contribution in [0.4, 0.5) is 0 Å². The highest BCUT2D eigenvalue weighted by atomic mass is 28.3. The van der Waals surface area contributed by atoms with Crippen LogP contribution < -0.4 is 5.19 Å². The zero-order valence-corrected chi connectivity index (χ0v) is 18.3. The van der Waals surface area contributed by atoms with Crippen molar-refractivity contribution in [2.24, 2.45) is 0 Å². The van der Waals surface area contributed by atoms with Crippen molar-refractivity contribution in [3.05, 3.63) is 53.2 Å². The highest BCUT2D eigenvalue weighted by Gasteiger charge is 2.50. The van der Waals surface area contributed by atoms with E-state index in [2.05, 4.69) is 82.8 Å². The molecule has 0 radical (unpaired) electrons. The Hall–Kier alpha value is -1.10. The molecule has 3 rings (SSSR count). The first-order valence-corrected chi connectivity index (χ1v) is 13.0. The summed E-state index contributed by atoms with van der Waals surface area (Å²) in [4.78, 5) is 0. The van der Waals surface area contributed by atoms with Crippen LogP contribution in [0.3, 0.4) is 0 Å². The van der Waals surface area contributed by atoms with Crippen molar-refractivity contribution >= 4 is 20.4 Å². The molecule has 1 aromatic carbocycles. The molecule has 0 spiro atoms. The van der Waals surface area contributed by atoms with Gasteiger partial charge < -0.3 is 9.31 Å². The van der Waals surface area contributed by atoms with Gasteiger partial charge in [0.1, 0.15) is 8.07 Å². The lowest BCUT2D eigenvalue weighted by Crippen LogP contribution is -2.41. The van der Waals surface area contributed by atoms with Crippen LogP contribution in [-0.2, 0) is 9.31 Å². The number of hydrogen-bond acceptors (Lipinski definition) is 2. The predicted molar refractivity (Wildman–Crippen MR) is 114 cm³/mol. The zero-order valence-electron chi connectivity index (χ0n) is 17.3. The van der Waals surface area contributed by atoms with Crippen molar-refractivity contribution in [1.29, 1.82) is 0 Å². The maximum Gasteiger partial charge on any atom is 0.487 e. The predicted octanol–water partition coefficient (Wildman–Crippen LogP) is 5.20. The molecule has 0 unspecified atom stereocenters. The number of hydrogen-bond donors (Lipinski definition) is 0. The standard InChI is InChI=1S/C22H33BO2Si/c1-21(2)22(3,4)25-23(24-21)16-18-12-10-11-13-19(18)17-26(5,6)20-14-8-7-9-15-20/h7-9,14-17H,10-13H2,1-6H3/b18-16+,19-17-. The molecule has 2 aliphatic rings. The molecule has 1 aromatic rings. The first-order valence-electron chi connectivity index (χ1n) is 9.95. The second-order valence-electron chi connectivity index (χ2n) is 9.28. The average Bonchev–Trinajstić information content (AvgIpc) is 2.77. The monoisotopic (exact) mass is 368 g/mol. The molecule has 140 valence electrons. The van der Waals surface area contributed by atoms with E-state index >= 15 is 0 Å². The van der Waals surface area contributed by atoms with Gasteiger partial charge in [0.25, 0.3) is 0 Å². The molecule has 0 atom stereocenters. The van der Waals surface area contributed by atoms with E-state index in [1.165, 1.54) is 35.6 Å². The van der Waals surface area contributed by atoms with Crippen LogP contribution in [0, 0.1) is 0 Å². The van der Waals surface area contributed by atoms with Crippen molar-refractivity contribution in [3.63, 3.8) is 0 Å². The molecule has 1 saturated carbocycles. The second kappa shape index (κ2) is 7.14. The van der Waals surface area contributed by atoms with Crippen LogP contribution in [-0.4, -0.2) is 26.4 Å². The fraction of sp³-hybridized carbons (Fsp3) is 0.545. The van der Waals surface area contributed by atoms with E-state index in [4.69, 9.17) is 9.31 Å². The highest BCUT2D eigenvalue weighted by Crippen LogP contribution is 2.38. The average molecular weight is 368 g/mol. The van der Waals surface area contributed by atoms with E-state index in [-0.39, 0.29) is 18.3 Å².